The summed E-state index contributed by atoms with van der Waals surface area (Å²) in [6.45, 7) is 2.09. The summed E-state index contributed by atoms with van der Waals surface area (Å²) in [6, 6.07) is 11.8. The number of aliphatic imine (C=N–C) groups is 1. The number of carbonyl (C=O) groups is 1. The lowest BCUT2D eigenvalue weighted by Gasteiger charge is -2.30. The molecule has 0 saturated carbocycles. The SMILES string of the molecule is CC1(c2cccc(NC(=O)Cc3cccs3)c2)CCSC(N)=N1. The molecule has 120 valence electrons. The van der Waals surface area contributed by atoms with E-state index < -0.39 is 0 Å². The number of carbonyl (C=O) groups excluding carboxylic acids is 1. The average Bonchev–Trinajstić information content (AvgIpc) is 3.00. The van der Waals surface area contributed by atoms with Crippen molar-refractivity contribution in [1.82, 2.24) is 0 Å². The second kappa shape index (κ2) is 6.76. The van der Waals surface area contributed by atoms with Gasteiger partial charge in [0.15, 0.2) is 5.17 Å². The number of rotatable bonds is 4. The van der Waals surface area contributed by atoms with Crippen LogP contribution >= 0.6 is 23.1 Å². The average molecular weight is 345 g/mol. The summed E-state index contributed by atoms with van der Waals surface area (Å²) in [5, 5.41) is 5.58. The number of nitrogens with one attached hydrogen (secondary N) is 1. The zero-order valence-corrected chi connectivity index (χ0v) is 14.5. The third-order valence-corrected chi connectivity index (χ3v) is 5.55. The van der Waals surface area contributed by atoms with E-state index in [0.717, 1.165) is 28.3 Å². The van der Waals surface area contributed by atoms with Crippen LogP contribution < -0.4 is 11.1 Å². The predicted octanol–water partition coefficient (Wildman–Crippen LogP) is 3.60. The number of nitrogens with two attached hydrogens (primary N) is 1. The predicted molar refractivity (Wildman–Crippen MR) is 99.1 cm³/mol. The molecule has 1 aromatic heterocycles. The molecule has 1 amide bonds. The molecule has 6 heteroatoms. The van der Waals surface area contributed by atoms with Crippen molar-refractivity contribution in [2.75, 3.05) is 11.1 Å². The smallest absolute Gasteiger partial charge is 0.229 e. The Morgan fingerprint density at radius 3 is 3.00 bits per heavy atom. The fraction of sp³-hybridized carbons (Fsp3) is 0.294. The summed E-state index contributed by atoms with van der Waals surface area (Å²) in [4.78, 5) is 17.8. The number of nitrogens with zero attached hydrogens (tertiary/aromatic N) is 1. The van der Waals surface area contributed by atoms with Gasteiger partial charge in [-0.2, -0.15) is 0 Å². The molecule has 0 aliphatic carbocycles. The molecule has 1 aromatic carbocycles. The third kappa shape index (κ3) is 3.95. The summed E-state index contributed by atoms with van der Waals surface area (Å²) >= 11 is 3.18. The molecule has 0 fully saturated rings. The number of hydrogen-bond acceptors (Lipinski definition) is 5. The van der Waals surface area contributed by atoms with Crippen molar-refractivity contribution in [2.24, 2.45) is 10.7 Å². The van der Waals surface area contributed by atoms with Crippen molar-refractivity contribution in [3.8, 4) is 0 Å². The van der Waals surface area contributed by atoms with E-state index in [1.54, 1.807) is 23.1 Å². The Morgan fingerprint density at radius 2 is 2.26 bits per heavy atom. The van der Waals surface area contributed by atoms with Gasteiger partial charge < -0.3 is 11.1 Å². The Labute approximate surface area is 144 Å². The lowest BCUT2D eigenvalue weighted by Crippen LogP contribution is -2.28. The first-order chi connectivity index (χ1) is 11.0. The normalized spacial score (nSPS) is 20.8. The Morgan fingerprint density at radius 1 is 1.39 bits per heavy atom. The number of benzene rings is 1. The van der Waals surface area contributed by atoms with Crippen LogP contribution in [0.25, 0.3) is 0 Å². The molecule has 2 heterocycles. The second-order valence-electron chi connectivity index (χ2n) is 5.71. The Kier molecular flexibility index (Phi) is 4.73. The highest BCUT2D eigenvalue weighted by Crippen LogP contribution is 2.35. The van der Waals surface area contributed by atoms with Gasteiger partial charge in [0.25, 0.3) is 0 Å². The van der Waals surface area contributed by atoms with Crippen molar-refractivity contribution >= 4 is 39.9 Å². The van der Waals surface area contributed by atoms with Crippen molar-refractivity contribution in [2.45, 2.75) is 25.3 Å². The van der Waals surface area contributed by atoms with Gasteiger partial charge in [-0.25, -0.2) is 0 Å². The van der Waals surface area contributed by atoms with Crippen molar-refractivity contribution in [3.05, 3.63) is 52.2 Å². The lowest BCUT2D eigenvalue weighted by atomic mass is 9.89. The summed E-state index contributed by atoms with van der Waals surface area (Å²) in [7, 11) is 0. The molecule has 3 N–H and O–H groups in total. The Hall–Kier alpha value is -1.79. The van der Waals surface area contributed by atoms with Gasteiger partial charge in [0, 0.05) is 16.3 Å². The minimum absolute atomic E-state index is 0.00281. The molecule has 0 saturated heterocycles. The second-order valence-corrected chi connectivity index (χ2v) is 7.85. The van der Waals surface area contributed by atoms with E-state index in [1.807, 2.05) is 41.8 Å². The number of amides is 1. The van der Waals surface area contributed by atoms with Crippen LogP contribution in [0.3, 0.4) is 0 Å². The Bertz CT molecular complexity index is 727. The van der Waals surface area contributed by atoms with Gasteiger partial charge in [-0.15, -0.1) is 11.3 Å². The van der Waals surface area contributed by atoms with E-state index >= 15 is 0 Å². The van der Waals surface area contributed by atoms with E-state index in [9.17, 15) is 4.79 Å². The summed E-state index contributed by atoms with van der Waals surface area (Å²) in [5.74, 6) is 0.956. The maximum absolute atomic E-state index is 12.1. The molecule has 23 heavy (non-hydrogen) atoms. The topological polar surface area (TPSA) is 67.5 Å². The number of thioether (sulfide) groups is 1. The summed E-state index contributed by atoms with van der Waals surface area (Å²) in [6.07, 6.45) is 1.34. The minimum atomic E-state index is -0.316. The Balaban J connectivity index is 1.75. The first-order valence-electron chi connectivity index (χ1n) is 7.46. The van der Waals surface area contributed by atoms with Gasteiger partial charge in [-0.1, -0.05) is 30.0 Å². The van der Waals surface area contributed by atoms with Gasteiger partial charge in [0.1, 0.15) is 0 Å². The molecule has 0 radical (unpaired) electrons. The molecular formula is C17H19N3OS2. The van der Waals surface area contributed by atoms with E-state index in [-0.39, 0.29) is 11.4 Å². The molecule has 1 aliphatic rings. The van der Waals surface area contributed by atoms with Crippen LogP contribution in [0, 0.1) is 0 Å². The molecule has 1 aliphatic heterocycles. The van der Waals surface area contributed by atoms with Gasteiger partial charge >= 0.3 is 0 Å². The van der Waals surface area contributed by atoms with E-state index in [4.69, 9.17) is 5.73 Å². The van der Waals surface area contributed by atoms with Gasteiger partial charge in [-0.3, -0.25) is 9.79 Å². The number of anilines is 1. The monoisotopic (exact) mass is 345 g/mol. The minimum Gasteiger partial charge on any atom is -0.379 e. The lowest BCUT2D eigenvalue weighted by molar-refractivity contribution is -0.115. The fourth-order valence-corrected chi connectivity index (χ4v) is 4.28. The molecule has 2 aromatic rings. The number of thiophene rings is 1. The zero-order chi connectivity index (χ0) is 16.3. The van der Waals surface area contributed by atoms with Crippen molar-refractivity contribution in [3.63, 3.8) is 0 Å². The van der Waals surface area contributed by atoms with Crippen LogP contribution in [0.4, 0.5) is 5.69 Å². The van der Waals surface area contributed by atoms with E-state index in [1.165, 1.54) is 0 Å². The largest absolute Gasteiger partial charge is 0.379 e. The first-order valence-corrected chi connectivity index (χ1v) is 9.33. The summed E-state index contributed by atoms with van der Waals surface area (Å²) < 4.78 is 0. The zero-order valence-electron chi connectivity index (χ0n) is 12.9. The molecule has 1 unspecified atom stereocenters. The standard InChI is InChI=1S/C17H19N3OS2/c1-17(7-9-23-16(18)20-17)12-4-2-5-13(10-12)19-15(21)11-14-6-3-8-22-14/h2-6,8,10H,7,9,11H2,1H3,(H2,18,20)(H,19,21). The van der Waals surface area contributed by atoms with Crippen LogP contribution in [0.1, 0.15) is 23.8 Å². The van der Waals surface area contributed by atoms with Crippen LogP contribution in [-0.4, -0.2) is 16.8 Å². The van der Waals surface area contributed by atoms with Crippen molar-refractivity contribution in [1.29, 1.82) is 0 Å². The van der Waals surface area contributed by atoms with E-state index in [0.29, 0.717) is 11.6 Å². The first kappa shape index (κ1) is 16.1. The van der Waals surface area contributed by atoms with Gasteiger partial charge in [0.2, 0.25) is 5.91 Å². The summed E-state index contributed by atoms with van der Waals surface area (Å²) in [5.41, 5.74) is 7.45. The highest BCUT2D eigenvalue weighted by atomic mass is 32.2. The molecule has 0 bridgehead atoms. The van der Waals surface area contributed by atoms with Gasteiger partial charge in [0.05, 0.1) is 12.0 Å². The van der Waals surface area contributed by atoms with Crippen LogP contribution in [0.15, 0.2) is 46.8 Å². The highest BCUT2D eigenvalue weighted by Gasteiger charge is 2.29. The molecule has 1 atom stereocenters. The van der Waals surface area contributed by atoms with E-state index in [2.05, 4.69) is 17.2 Å². The maximum Gasteiger partial charge on any atom is 0.229 e. The maximum atomic E-state index is 12.1. The fourth-order valence-electron chi connectivity index (χ4n) is 2.60. The number of amidine groups is 1. The molecule has 4 nitrogen and oxygen atoms in total. The molecular weight excluding hydrogens is 326 g/mol. The third-order valence-electron chi connectivity index (χ3n) is 3.88. The van der Waals surface area contributed by atoms with Crippen LogP contribution in [0.5, 0.6) is 0 Å². The quantitative estimate of drug-likeness (QED) is 0.890. The van der Waals surface area contributed by atoms with Crippen LogP contribution in [0.2, 0.25) is 0 Å². The number of hydrogen-bond donors (Lipinski definition) is 2. The molecule has 0 spiro atoms. The molecule has 3 rings (SSSR count). The van der Waals surface area contributed by atoms with Gasteiger partial charge in [-0.05, 0) is 42.5 Å². The van der Waals surface area contributed by atoms with Crippen LogP contribution in [-0.2, 0) is 16.8 Å². The highest BCUT2D eigenvalue weighted by molar-refractivity contribution is 8.13. The van der Waals surface area contributed by atoms with Crippen molar-refractivity contribution < 1.29 is 4.79 Å².